The monoisotopic (exact) mass is 186 g/mol. The number of nitrogens with zero attached hydrogens (tertiary/aromatic N) is 2. The number of H-pyrrole nitrogens is 1. The fourth-order valence-electron chi connectivity index (χ4n) is 0.990. The molecule has 0 aliphatic carbocycles. The Labute approximate surface area is 76.0 Å². The number of aromatic amines is 1. The molecule has 2 unspecified atom stereocenters. The van der Waals surface area contributed by atoms with Crippen LogP contribution in [0.5, 0.6) is 0 Å². The van der Waals surface area contributed by atoms with Gasteiger partial charge in [0, 0.05) is 0 Å². The van der Waals surface area contributed by atoms with Gasteiger partial charge in [0.15, 0.2) is 5.82 Å². The maximum absolute atomic E-state index is 9.49. The molecule has 0 amide bonds. The smallest absolute Gasteiger partial charge is 0.155 e. The molecule has 2 atom stereocenters. The Bertz CT molecular complexity index is 226. The van der Waals surface area contributed by atoms with Gasteiger partial charge >= 0.3 is 0 Å². The van der Waals surface area contributed by atoms with E-state index in [0.717, 1.165) is 0 Å². The van der Waals surface area contributed by atoms with E-state index in [1.165, 1.54) is 6.33 Å². The van der Waals surface area contributed by atoms with Gasteiger partial charge in [0.1, 0.15) is 12.4 Å². The van der Waals surface area contributed by atoms with Crippen LogP contribution in [0.2, 0.25) is 0 Å². The van der Waals surface area contributed by atoms with Crippen LogP contribution in [0.25, 0.3) is 0 Å². The summed E-state index contributed by atoms with van der Waals surface area (Å²) >= 11 is 0. The number of rotatable bonds is 5. The van der Waals surface area contributed by atoms with E-state index in [1.54, 1.807) is 7.05 Å². The van der Waals surface area contributed by atoms with Crippen molar-refractivity contribution in [2.45, 2.75) is 18.6 Å². The molecule has 0 fully saturated rings. The van der Waals surface area contributed by atoms with Crippen molar-refractivity contribution in [1.29, 1.82) is 0 Å². The topological polar surface area (TPSA) is 94.1 Å². The van der Waals surface area contributed by atoms with Gasteiger partial charge < -0.3 is 15.5 Å². The minimum absolute atomic E-state index is 0.295. The highest BCUT2D eigenvalue weighted by atomic mass is 16.3. The summed E-state index contributed by atoms with van der Waals surface area (Å²) in [4.78, 5) is 3.75. The predicted octanol–water partition coefficient (Wildman–Crippen LogP) is -1.19. The SMILES string of the molecule is CNCCC(O)C(O)c1ncn[nH]1. The van der Waals surface area contributed by atoms with Crippen LogP contribution >= 0.6 is 0 Å². The van der Waals surface area contributed by atoms with Crippen LogP contribution in [0.3, 0.4) is 0 Å². The van der Waals surface area contributed by atoms with Gasteiger partial charge in [-0.25, -0.2) is 4.98 Å². The minimum atomic E-state index is -0.990. The van der Waals surface area contributed by atoms with Gasteiger partial charge in [-0.3, -0.25) is 5.10 Å². The van der Waals surface area contributed by atoms with Gasteiger partial charge in [-0.05, 0) is 20.0 Å². The predicted molar refractivity (Wildman–Crippen MR) is 45.9 cm³/mol. The fraction of sp³-hybridized carbons (Fsp3) is 0.714. The Morgan fingerprint density at radius 1 is 1.62 bits per heavy atom. The van der Waals surface area contributed by atoms with Crippen molar-refractivity contribution < 1.29 is 10.2 Å². The molecule has 0 radical (unpaired) electrons. The molecule has 0 aromatic carbocycles. The molecule has 6 nitrogen and oxygen atoms in total. The lowest BCUT2D eigenvalue weighted by atomic mass is 10.1. The van der Waals surface area contributed by atoms with Gasteiger partial charge in [-0.2, -0.15) is 5.10 Å². The Morgan fingerprint density at radius 2 is 2.38 bits per heavy atom. The lowest BCUT2D eigenvalue weighted by molar-refractivity contribution is 0.00900. The Morgan fingerprint density at radius 3 is 2.92 bits per heavy atom. The van der Waals surface area contributed by atoms with Crippen molar-refractivity contribution in [2.24, 2.45) is 0 Å². The van der Waals surface area contributed by atoms with Crippen molar-refractivity contribution in [1.82, 2.24) is 20.5 Å². The first-order chi connectivity index (χ1) is 6.25. The Hall–Kier alpha value is -0.980. The average molecular weight is 186 g/mol. The van der Waals surface area contributed by atoms with Crippen molar-refractivity contribution >= 4 is 0 Å². The molecule has 1 aromatic heterocycles. The maximum atomic E-state index is 9.49. The van der Waals surface area contributed by atoms with E-state index < -0.39 is 12.2 Å². The summed E-state index contributed by atoms with van der Waals surface area (Å²) in [5, 5.41) is 27.9. The van der Waals surface area contributed by atoms with Crippen LogP contribution in [-0.2, 0) is 0 Å². The summed E-state index contributed by atoms with van der Waals surface area (Å²) < 4.78 is 0. The highest BCUT2D eigenvalue weighted by Crippen LogP contribution is 2.13. The minimum Gasteiger partial charge on any atom is -0.390 e. The van der Waals surface area contributed by atoms with Crippen LogP contribution in [0, 0.1) is 0 Å². The van der Waals surface area contributed by atoms with Gasteiger partial charge in [-0.1, -0.05) is 0 Å². The van der Waals surface area contributed by atoms with Crippen LogP contribution in [0.1, 0.15) is 18.3 Å². The van der Waals surface area contributed by atoms with E-state index in [0.29, 0.717) is 18.8 Å². The van der Waals surface area contributed by atoms with E-state index in [1.807, 2.05) is 0 Å². The van der Waals surface area contributed by atoms with Crippen LogP contribution < -0.4 is 5.32 Å². The maximum Gasteiger partial charge on any atom is 0.155 e. The zero-order chi connectivity index (χ0) is 9.68. The van der Waals surface area contributed by atoms with Gasteiger partial charge in [0.05, 0.1) is 6.10 Å². The van der Waals surface area contributed by atoms with Crippen LogP contribution in [0.15, 0.2) is 6.33 Å². The zero-order valence-electron chi connectivity index (χ0n) is 7.44. The Balaban J connectivity index is 2.43. The quantitative estimate of drug-likeness (QED) is 0.464. The number of aromatic nitrogens is 3. The van der Waals surface area contributed by atoms with Crippen molar-refractivity contribution in [2.75, 3.05) is 13.6 Å². The molecule has 0 aliphatic rings. The number of hydrogen-bond donors (Lipinski definition) is 4. The molecule has 0 saturated heterocycles. The summed E-state index contributed by atoms with van der Waals surface area (Å²) in [6.45, 7) is 0.645. The highest BCUT2D eigenvalue weighted by molar-refractivity contribution is 4.90. The van der Waals surface area contributed by atoms with E-state index in [4.69, 9.17) is 0 Å². The molecule has 0 spiro atoms. The molecular formula is C7H14N4O2. The van der Waals surface area contributed by atoms with Gasteiger partial charge in [0.2, 0.25) is 0 Å². The molecule has 4 N–H and O–H groups in total. The molecule has 13 heavy (non-hydrogen) atoms. The molecule has 1 heterocycles. The van der Waals surface area contributed by atoms with Crippen LogP contribution in [-0.4, -0.2) is 45.1 Å². The third-order valence-electron chi connectivity index (χ3n) is 1.77. The zero-order valence-corrected chi connectivity index (χ0v) is 7.44. The fourth-order valence-corrected chi connectivity index (χ4v) is 0.990. The van der Waals surface area contributed by atoms with Crippen molar-refractivity contribution in [3.05, 3.63) is 12.2 Å². The highest BCUT2D eigenvalue weighted by Gasteiger charge is 2.19. The average Bonchev–Trinajstić information content (AvgIpc) is 2.65. The number of hydrogen-bond acceptors (Lipinski definition) is 5. The first-order valence-corrected chi connectivity index (χ1v) is 4.11. The summed E-state index contributed by atoms with van der Waals surface area (Å²) in [5.41, 5.74) is 0. The lowest BCUT2D eigenvalue weighted by Crippen LogP contribution is -2.24. The molecule has 6 heteroatoms. The third kappa shape index (κ3) is 2.76. The normalized spacial score (nSPS) is 15.6. The summed E-state index contributed by atoms with van der Waals surface area (Å²) in [7, 11) is 1.79. The molecule has 0 aliphatic heterocycles. The molecule has 1 rings (SSSR count). The first kappa shape index (κ1) is 10.1. The Kier molecular flexibility index (Phi) is 3.81. The number of aliphatic hydroxyl groups is 2. The van der Waals surface area contributed by atoms with Gasteiger partial charge in [-0.15, -0.1) is 0 Å². The summed E-state index contributed by atoms with van der Waals surface area (Å²) in [5.74, 6) is 0.295. The molecule has 1 aromatic rings. The number of nitrogens with one attached hydrogen (secondary N) is 2. The third-order valence-corrected chi connectivity index (χ3v) is 1.77. The molecule has 74 valence electrons. The van der Waals surface area contributed by atoms with E-state index in [-0.39, 0.29) is 0 Å². The van der Waals surface area contributed by atoms with Crippen molar-refractivity contribution in [3.8, 4) is 0 Å². The first-order valence-electron chi connectivity index (χ1n) is 4.11. The second kappa shape index (κ2) is 4.90. The lowest BCUT2D eigenvalue weighted by Gasteiger charge is -2.14. The second-order valence-corrected chi connectivity index (χ2v) is 2.78. The van der Waals surface area contributed by atoms with Gasteiger partial charge in [0.25, 0.3) is 0 Å². The standard InChI is InChI=1S/C7H14N4O2/c1-8-3-2-5(12)6(13)7-9-4-10-11-7/h4-6,8,12-13H,2-3H2,1H3,(H,9,10,11). The largest absolute Gasteiger partial charge is 0.390 e. The van der Waals surface area contributed by atoms with E-state index in [2.05, 4.69) is 20.5 Å². The number of aliphatic hydroxyl groups excluding tert-OH is 2. The van der Waals surface area contributed by atoms with Crippen molar-refractivity contribution in [3.63, 3.8) is 0 Å². The second-order valence-electron chi connectivity index (χ2n) is 2.78. The summed E-state index contributed by atoms with van der Waals surface area (Å²) in [6, 6.07) is 0. The van der Waals surface area contributed by atoms with Crippen LogP contribution in [0.4, 0.5) is 0 Å². The van der Waals surface area contributed by atoms with E-state index >= 15 is 0 Å². The summed E-state index contributed by atoms with van der Waals surface area (Å²) in [6.07, 6.45) is -0.0434. The molecule has 0 bridgehead atoms. The molecular weight excluding hydrogens is 172 g/mol. The van der Waals surface area contributed by atoms with E-state index in [9.17, 15) is 10.2 Å². The molecule has 0 saturated carbocycles.